The molecule has 0 aliphatic rings. The minimum Gasteiger partial charge on any atom is -0.134 e. The molecule has 0 aromatic heterocycles. The Morgan fingerprint density at radius 2 is 1.50 bits per heavy atom. The van der Waals surface area contributed by atoms with Crippen LogP contribution in [-0.2, 0) is 0 Å². The van der Waals surface area contributed by atoms with E-state index in [2.05, 4.69) is 51.6 Å². The van der Waals surface area contributed by atoms with Gasteiger partial charge in [0.2, 0.25) is 0 Å². The van der Waals surface area contributed by atoms with E-state index in [-0.39, 0.29) is 0 Å². The molecule has 0 spiro atoms. The summed E-state index contributed by atoms with van der Waals surface area (Å²) in [6.07, 6.45) is 0. The molecule has 0 atom stereocenters. The minimum absolute atomic E-state index is 0.773. The predicted molar refractivity (Wildman–Crippen MR) is 39.7 cm³/mol. The molecule has 0 N–H and O–H groups in total. The van der Waals surface area contributed by atoms with Crippen LogP contribution < -0.4 is 0 Å². The van der Waals surface area contributed by atoms with Crippen LogP contribution in [0.4, 0.5) is 0 Å². The Morgan fingerprint density at radius 3 is 1.50 bits per heavy atom. The van der Waals surface area contributed by atoms with E-state index in [0.717, 1.165) is 2.43 Å². The van der Waals surface area contributed by atoms with E-state index in [9.17, 15) is 0 Å². The second kappa shape index (κ2) is 2.75. The highest BCUT2D eigenvalue weighted by Crippen LogP contribution is 1.99. The summed E-state index contributed by atoms with van der Waals surface area (Å²) in [6, 6.07) is 0. The third-order valence-corrected chi connectivity index (χ3v) is 0. The first-order chi connectivity index (χ1) is 1.73. The quantitative estimate of drug-likeness (QED) is 0.470. The van der Waals surface area contributed by atoms with E-state index < -0.39 is 0 Å². The van der Waals surface area contributed by atoms with E-state index in [0.29, 0.717) is 0 Å². The van der Waals surface area contributed by atoms with Gasteiger partial charge in [-0.25, -0.2) is 0 Å². The number of hydrogen-bond acceptors (Lipinski definition) is 0. The fraction of sp³-hybridized carbons (Fsp3) is 1.00. The third kappa shape index (κ3) is 9.66. The van der Waals surface area contributed by atoms with Crippen LogP contribution >= 0.6 is 44.7 Å². The second-order valence-electron chi connectivity index (χ2n) is 0.519. The molecule has 0 aliphatic heterocycles. The standard InChI is InChI=1S/CH3BI2/c1-2(3)4/h1H3. The number of rotatable bonds is 0. The highest BCUT2D eigenvalue weighted by molar-refractivity contribution is 14.3. The topological polar surface area (TPSA) is 0 Å². The van der Waals surface area contributed by atoms with E-state index in [1.165, 1.54) is 0 Å². The maximum absolute atomic E-state index is 2.33. The Morgan fingerprint density at radius 1 is 1.50 bits per heavy atom. The van der Waals surface area contributed by atoms with Crippen molar-refractivity contribution in [2.45, 2.75) is 6.82 Å². The molecular weight excluding hydrogens is 277 g/mol. The zero-order valence-electron chi connectivity index (χ0n) is 2.33. The lowest BCUT2D eigenvalue weighted by molar-refractivity contribution is 2.38. The molecule has 0 nitrogen and oxygen atoms in total. The van der Waals surface area contributed by atoms with Gasteiger partial charge in [-0.05, 0) is 0 Å². The predicted octanol–water partition coefficient (Wildman–Crippen LogP) is 1.97. The van der Waals surface area contributed by atoms with Gasteiger partial charge < -0.3 is 0 Å². The van der Waals surface area contributed by atoms with Crippen LogP contribution in [-0.4, -0.2) is 2.43 Å². The fourth-order valence-corrected chi connectivity index (χ4v) is 0. The van der Waals surface area contributed by atoms with Gasteiger partial charge in [0, 0.05) is 0 Å². The van der Waals surface area contributed by atoms with Crippen molar-refractivity contribution in [3.8, 4) is 0 Å². The van der Waals surface area contributed by atoms with Gasteiger partial charge in [0.1, 0.15) is 0 Å². The van der Waals surface area contributed by atoms with Crippen LogP contribution in [0.5, 0.6) is 0 Å². The first-order valence-electron chi connectivity index (χ1n) is 1.01. The highest BCUT2D eigenvalue weighted by atomic mass is 127. The van der Waals surface area contributed by atoms with Crippen molar-refractivity contribution in [3.05, 3.63) is 0 Å². The molecule has 24 valence electrons. The van der Waals surface area contributed by atoms with Crippen LogP contribution in [0.3, 0.4) is 0 Å². The Balaban J connectivity index is 2.32. The van der Waals surface area contributed by atoms with Gasteiger partial charge in [-0.2, -0.15) is 0 Å². The summed E-state index contributed by atoms with van der Waals surface area (Å²) in [7, 11) is 0. The summed E-state index contributed by atoms with van der Waals surface area (Å²) in [5.41, 5.74) is 0. The molecule has 0 amide bonds. The molecule has 0 fully saturated rings. The molecule has 0 unspecified atom stereocenters. The molecule has 0 aromatic carbocycles. The van der Waals surface area contributed by atoms with Gasteiger partial charge in [-0.3, -0.25) is 0 Å². The first-order valence-corrected chi connectivity index (χ1v) is 3.51. The van der Waals surface area contributed by atoms with Crippen LogP contribution in [0.2, 0.25) is 6.82 Å². The third-order valence-electron chi connectivity index (χ3n) is 0. The summed E-state index contributed by atoms with van der Waals surface area (Å²) >= 11 is 4.66. The molecule has 4 heavy (non-hydrogen) atoms. The maximum Gasteiger partial charge on any atom is 0.286 e. The molecule has 0 heterocycles. The average molecular weight is 280 g/mol. The lowest BCUT2D eigenvalue weighted by Crippen LogP contribution is -1.68. The van der Waals surface area contributed by atoms with Crippen molar-refractivity contribution in [1.82, 2.24) is 0 Å². The van der Waals surface area contributed by atoms with Crippen LogP contribution in [0.15, 0.2) is 0 Å². The number of hydrogen-bond donors (Lipinski definition) is 0. The molecular formula is CH3BI2. The summed E-state index contributed by atoms with van der Waals surface area (Å²) in [5, 5.41) is 0. The smallest absolute Gasteiger partial charge is 0.134 e. The maximum atomic E-state index is 2.33. The molecule has 0 radical (unpaired) electrons. The lowest BCUT2D eigenvalue weighted by Gasteiger charge is -1.66. The molecule has 0 aromatic rings. The normalized spacial score (nSPS) is 6.75. The van der Waals surface area contributed by atoms with Gasteiger partial charge in [0.05, 0.1) is 0 Å². The molecule has 0 aliphatic carbocycles. The zero-order valence-corrected chi connectivity index (χ0v) is 6.65. The van der Waals surface area contributed by atoms with Crippen molar-refractivity contribution in [1.29, 1.82) is 0 Å². The molecule has 0 saturated carbocycles. The van der Waals surface area contributed by atoms with Gasteiger partial charge in [0.15, 0.2) is 0 Å². The van der Waals surface area contributed by atoms with Crippen LogP contribution in [0, 0.1) is 0 Å². The lowest BCUT2D eigenvalue weighted by atomic mass is 10.2. The first kappa shape index (κ1) is 5.52. The fourth-order valence-electron chi connectivity index (χ4n) is 0. The molecule has 0 rings (SSSR count). The highest BCUT2D eigenvalue weighted by Gasteiger charge is 1.83. The Kier molecular flexibility index (Phi) is 3.79. The van der Waals surface area contributed by atoms with Gasteiger partial charge in [0.25, 0.3) is 2.43 Å². The van der Waals surface area contributed by atoms with Crippen molar-refractivity contribution in [2.24, 2.45) is 0 Å². The summed E-state index contributed by atoms with van der Waals surface area (Å²) in [5.74, 6) is 0. The SMILES string of the molecule is CB(I)I. The van der Waals surface area contributed by atoms with E-state index in [4.69, 9.17) is 0 Å². The Bertz CT molecular complexity index is 10.8. The average Bonchev–Trinajstić information content (AvgIpc) is 0.811. The van der Waals surface area contributed by atoms with Crippen molar-refractivity contribution < 1.29 is 0 Å². The van der Waals surface area contributed by atoms with E-state index in [1.807, 2.05) is 0 Å². The molecule has 3 heteroatoms. The summed E-state index contributed by atoms with van der Waals surface area (Å²) in [6.45, 7) is 2.14. The zero-order chi connectivity index (χ0) is 3.58. The summed E-state index contributed by atoms with van der Waals surface area (Å²) < 4.78 is 0.773. The van der Waals surface area contributed by atoms with Crippen molar-refractivity contribution in [2.75, 3.05) is 0 Å². The van der Waals surface area contributed by atoms with E-state index in [1.54, 1.807) is 0 Å². The molecule has 0 saturated heterocycles. The van der Waals surface area contributed by atoms with Crippen molar-refractivity contribution in [3.63, 3.8) is 0 Å². The minimum atomic E-state index is 0.773. The largest absolute Gasteiger partial charge is 0.286 e. The Hall–Kier alpha value is 1.52. The summed E-state index contributed by atoms with van der Waals surface area (Å²) in [4.78, 5) is 0. The van der Waals surface area contributed by atoms with Gasteiger partial charge in [-0.15, -0.1) is 44.7 Å². The monoisotopic (exact) mass is 280 g/mol. The molecule has 0 bridgehead atoms. The van der Waals surface area contributed by atoms with Crippen LogP contribution in [0.1, 0.15) is 0 Å². The van der Waals surface area contributed by atoms with E-state index >= 15 is 0 Å². The van der Waals surface area contributed by atoms with Gasteiger partial charge in [-0.1, -0.05) is 6.82 Å². The number of halogens is 2. The Labute approximate surface area is 53.6 Å². The van der Waals surface area contributed by atoms with Gasteiger partial charge >= 0.3 is 0 Å². The second-order valence-corrected chi connectivity index (χ2v) is 6.64. The van der Waals surface area contributed by atoms with Crippen LogP contribution in [0.25, 0.3) is 0 Å². The van der Waals surface area contributed by atoms with Crippen molar-refractivity contribution >= 4 is 47.2 Å².